The van der Waals surface area contributed by atoms with Crippen LogP contribution in [0.3, 0.4) is 0 Å². The number of benzene rings is 6. The molecule has 0 unspecified atom stereocenters. The van der Waals surface area contributed by atoms with Crippen LogP contribution in [0, 0.1) is 0 Å². The van der Waals surface area contributed by atoms with Crippen LogP contribution in [0.1, 0.15) is 0 Å². The van der Waals surface area contributed by atoms with Crippen LogP contribution >= 0.6 is 0 Å². The van der Waals surface area contributed by atoms with Gasteiger partial charge in [-0.3, -0.25) is 0 Å². The molecule has 0 saturated heterocycles. The van der Waals surface area contributed by atoms with Crippen LogP contribution < -0.4 is 0 Å². The molecule has 0 saturated carbocycles. The first-order valence-electron chi connectivity index (χ1n) is 14.4. The van der Waals surface area contributed by atoms with Crippen molar-refractivity contribution >= 4 is 21.7 Å². The van der Waals surface area contributed by atoms with Crippen molar-refractivity contribution in [3.8, 4) is 50.8 Å². The van der Waals surface area contributed by atoms with E-state index in [9.17, 15) is 0 Å². The highest BCUT2D eigenvalue weighted by molar-refractivity contribution is 6.10. The summed E-state index contributed by atoms with van der Waals surface area (Å²) in [5.74, 6) is 0.702. The van der Waals surface area contributed by atoms with E-state index in [1.807, 2.05) is 42.5 Å². The van der Waals surface area contributed by atoms with Gasteiger partial charge >= 0.3 is 0 Å². The first kappa shape index (κ1) is 24.9. The van der Waals surface area contributed by atoms with Crippen LogP contribution in [0.2, 0.25) is 0 Å². The van der Waals surface area contributed by atoms with E-state index in [1.54, 1.807) is 0 Å². The van der Waals surface area contributed by atoms with Crippen LogP contribution in [0.15, 0.2) is 158 Å². The molecule has 2 heterocycles. The molecule has 8 rings (SSSR count). The summed E-state index contributed by atoms with van der Waals surface area (Å²) in [7, 11) is 0. The largest absolute Gasteiger partial charge is 0.232 e. The molecular formula is C39H26N4. The molecular weight excluding hydrogens is 524 g/mol. The predicted molar refractivity (Wildman–Crippen MR) is 176 cm³/mol. The molecule has 0 bridgehead atoms. The molecule has 0 fully saturated rings. The Bertz CT molecular complexity index is 2160. The molecule has 202 valence electrons. The fourth-order valence-electron chi connectivity index (χ4n) is 5.74. The van der Waals surface area contributed by atoms with Crippen molar-refractivity contribution in [3.63, 3.8) is 0 Å². The summed E-state index contributed by atoms with van der Waals surface area (Å²) >= 11 is 0. The maximum absolute atomic E-state index is 5.23. The van der Waals surface area contributed by atoms with Crippen LogP contribution in [0.4, 0.5) is 0 Å². The molecule has 4 nitrogen and oxygen atoms in total. The number of nitrogens with zero attached hydrogens (tertiary/aromatic N) is 4. The zero-order valence-electron chi connectivity index (χ0n) is 23.3. The highest BCUT2D eigenvalue weighted by Crippen LogP contribution is 2.36. The molecule has 43 heavy (non-hydrogen) atoms. The maximum Gasteiger partial charge on any atom is 0.160 e. The second-order valence-electron chi connectivity index (χ2n) is 10.6. The Labute approximate surface area is 249 Å². The molecule has 0 amide bonds. The van der Waals surface area contributed by atoms with E-state index in [0.717, 1.165) is 55.9 Å². The summed E-state index contributed by atoms with van der Waals surface area (Å²) in [4.78, 5) is 10.0. The summed E-state index contributed by atoms with van der Waals surface area (Å²) < 4.78 is 2.07. The molecule has 8 aromatic rings. The Hall–Kier alpha value is -5.87. The van der Waals surface area contributed by atoms with Crippen molar-refractivity contribution in [1.82, 2.24) is 19.7 Å². The van der Waals surface area contributed by atoms with Crippen molar-refractivity contribution in [1.29, 1.82) is 0 Å². The fraction of sp³-hybridized carbons (Fsp3) is 0. The molecule has 0 radical (unpaired) electrons. The zero-order valence-corrected chi connectivity index (χ0v) is 23.3. The van der Waals surface area contributed by atoms with Gasteiger partial charge in [-0.05, 0) is 35.7 Å². The quantitative estimate of drug-likeness (QED) is 0.214. The Kier molecular flexibility index (Phi) is 6.08. The molecule has 4 heteroatoms. The second kappa shape index (κ2) is 10.5. The number of hydrogen-bond donors (Lipinski definition) is 0. The monoisotopic (exact) mass is 550 g/mol. The lowest BCUT2D eigenvalue weighted by atomic mass is 10.0. The predicted octanol–water partition coefficient (Wildman–Crippen LogP) is 9.64. The molecule has 0 spiro atoms. The smallest absolute Gasteiger partial charge is 0.160 e. The van der Waals surface area contributed by atoms with Crippen LogP contribution in [-0.2, 0) is 0 Å². The lowest BCUT2D eigenvalue weighted by molar-refractivity contribution is 0.918. The normalized spacial score (nSPS) is 11.3. The van der Waals surface area contributed by atoms with Gasteiger partial charge in [0.05, 0.1) is 22.6 Å². The number of fused-ring (bicyclic) bond motifs is 3. The first-order valence-corrected chi connectivity index (χ1v) is 14.4. The van der Waals surface area contributed by atoms with Gasteiger partial charge in [0, 0.05) is 33.0 Å². The van der Waals surface area contributed by atoms with Gasteiger partial charge < -0.3 is 0 Å². The first-order chi connectivity index (χ1) is 21.3. The molecule has 0 aliphatic heterocycles. The van der Waals surface area contributed by atoms with Crippen molar-refractivity contribution in [2.24, 2.45) is 0 Å². The minimum Gasteiger partial charge on any atom is -0.232 e. The number of hydrogen-bond acceptors (Lipinski definition) is 3. The van der Waals surface area contributed by atoms with Gasteiger partial charge in [-0.15, -0.1) is 0 Å². The van der Waals surface area contributed by atoms with Gasteiger partial charge in [-0.25, -0.2) is 14.6 Å². The highest BCUT2D eigenvalue weighted by atomic mass is 15.3. The van der Waals surface area contributed by atoms with Gasteiger partial charge in [0.2, 0.25) is 0 Å². The maximum atomic E-state index is 5.23. The van der Waals surface area contributed by atoms with E-state index >= 15 is 0 Å². The van der Waals surface area contributed by atoms with Crippen molar-refractivity contribution in [2.75, 3.05) is 0 Å². The van der Waals surface area contributed by atoms with E-state index < -0.39 is 0 Å². The second-order valence-corrected chi connectivity index (χ2v) is 10.6. The standard InChI is InChI=1S/C39H26N4/c1-4-14-28(15-5-1)35-26-36(41-39(40-35)29-16-6-2-7-17-29)30-18-12-19-31(25-30)37-34-24-23-27-13-10-11-22-33(27)38(34)43(42-37)32-20-8-3-9-21-32/h1-26H. The molecule has 6 aromatic carbocycles. The average molecular weight is 551 g/mol. The molecule has 2 aromatic heterocycles. The average Bonchev–Trinajstić information content (AvgIpc) is 3.50. The Balaban J connectivity index is 1.32. The number of para-hydroxylation sites is 1. The van der Waals surface area contributed by atoms with Gasteiger partial charge in [0.15, 0.2) is 5.82 Å². The summed E-state index contributed by atoms with van der Waals surface area (Å²) in [6.45, 7) is 0. The molecule has 0 N–H and O–H groups in total. The van der Waals surface area contributed by atoms with Crippen LogP contribution in [0.5, 0.6) is 0 Å². The van der Waals surface area contributed by atoms with Crippen molar-refractivity contribution in [3.05, 3.63) is 158 Å². The summed E-state index contributed by atoms with van der Waals surface area (Å²) in [6.07, 6.45) is 0. The fourth-order valence-corrected chi connectivity index (χ4v) is 5.74. The van der Waals surface area contributed by atoms with Gasteiger partial charge in [-0.2, -0.15) is 5.10 Å². The SMILES string of the molecule is c1ccc(-c2cc(-c3cccc(-c4nn(-c5ccccc5)c5c4ccc4ccccc45)c3)nc(-c3ccccc3)n2)cc1. The third-order valence-electron chi connectivity index (χ3n) is 7.83. The Morgan fingerprint density at radius 2 is 1.02 bits per heavy atom. The van der Waals surface area contributed by atoms with Gasteiger partial charge in [0.1, 0.15) is 5.69 Å². The lowest BCUT2D eigenvalue weighted by Crippen LogP contribution is -1.97. The highest BCUT2D eigenvalue weighted by Gasteiger charge is 2.17. The third kappa shape index (κ3) is 4.55. The topological polar surface area (TPSA) is 43.6 Å². The minimum absolute atomic E-state index is 0.702. The molecule has 0 atom stereocenters. The van der Waals surface area contributed by atoms with Gasteiger partial charge in [-0.1, -0.05) is 127 Å². The van der Waals surface area contributed by atoms with E-state index in [4.69, 9.17) is 15.1 Å². The lowest BCUT2D eigenvalue weighted by Gasteiger charge is -2.10. The Morgan fingerprint density at radius 1 is 0.419 bits per heavy atom. The van der Waals surface area contributed by atoms with E-state index in [1.165, 1.54) is 10.8 Å². The Morgan fingerprint density at radius 3 is 1.79 bits per heavy atom. The van der Waals surface area contributed by atoms with Crippen molar-refractivity contribution < 1.29 is 0 Å². The number of aromatic nitrogens is 4. The van der Waals surface area contributed by atoms with Gasteiger partial charge in [0.25, 0.3) is 0 Å². The summed E-state index contributed by atoms with van der Waals surface area (Å²) in [6, 6.07) is 54.3. The zero-order chi connectivity index (χ0) is 28.6. The number of rotatable bonds is 5. The summed E-state index contributed by atoms with van der Waals surface area (Å²) in [5.41, 5.74) is 8.91. The van der Waals surface area contributed by atoms with Crippen LogP contribution in [0.25, 0.3) is 72.5 Å². The molecule has 0 aliphatic rings. The third-order valence-corrected chi connectivity index (χ3v) is 7.83. The minimum atomic E-state index is 0.702. The van der Waals surface area contributed by atoms with E-state index in [0.29, 0.717) is 5.82 Å². The molecule has 0 aliphatic carbocycles. The summed E-state index contributed by atoms with van der Waals surface area (Å²) in [5, 5.41) is 8.70. The van der Waals surface area contributed by atoms with E-state index in [2.05, 4.69) is 120 Å². The van der Waals surface area contributed by atoms with E-state index in [-0.39, 0.29) is 0 Å². The van der Waals surface area contributed by atoms with Crippen LogP contribution in [-0.4, -0.2) is 19.7 Å². The van der Waals surface area contributed by atoms with Crippen molar-refractivity contribution in [2.45, 2.75) is 0 Å².